The Hall–Kier alpha value is -2.62. The molecule has 2 rings (SSSR count). The molecule has 0 bridgehead atoms. The first-order chi connectivity index (χ1) is 11.4. The number of rotatable bonds is 5. The Bertz CT molecular complexity index is 784. The number of hydrogen-bond acceptors (Lipinski definition) is 6. The van der Waals surface area contributed by atoms with Gasteiger partial charge in [-0.2, -0.15) is 0 Å². The molecule has 0 fully saturated rings. The minimum atomic E-state index is -1.37. The normalized spacial score (nSPS) is 10.0. The lowest BCUT2D eigenvalue weighted by molar-refractivity contribution is 0.0692. The number of carbonyl (C=O) groups excluding carboxylic acids is 2. The van der Waals surface area contributed by atoms with Crippen LogP contribution in [0.5, 0.6) is 11.5 Å². The molecule has 2 aromatic rings. The van der Waals surface area contributed by atoms with Crippen molar-refractivity contribution in [3.05, 3.63) is 57.2 Å². The summed E-state index contributed by atoms with van der Waals surface area (Å²) in [5, 5.41) is 18.3. The van der Waals surface area contributed by atoms with Gasteiger partial charge in [0.2, 0.25) is 0 Å². The molecule has 0 amide bonds. The van der Waals surface area contributed by atoms with Crippen LogP contribution in [0, 0.1) is 3.57 Å². The summed E-state index contributed by atoms with van der Waals surface area (Å²) in [6.07, 6.45) is -1.05. The van der Waals surface area contributed by atoms with E-state index in [1.54, 1.807) is 24.3 Å². The Morgan fingerprint density at radius 1 is 1.04 bits per heavy atom. The van der Waals surface area contributed by atoms with E-state index < -0.39 is 35.8 Å². The number of carboxylic acids is 1. The summed E-state index contributed by atoms with van der Waals surface area (Å²) in [6, 6.07) is 9.94. The number of Topliss-reactive ketones (excluding diaryl/α,β-unsaturated/α-hetero) is 1. The molecule has 0 heterocycles. The zero-order valence-corrected chi connectivity index (χ0v) is 14.2. The molecule has 0 aliphatic heterocycles. The Morgan fingerprint density at radius 2 is 1.71 bits per heavy atom. The van der Waals surface area contributed by atoms with Gasteiger partial charge >= 0.3 is 12.1 Å². The van der Waals surface area contributed by atoms with Crippen LogP contribution in [0.25, 0.3) is 0 Å². The van der Waals surface area contributed by atoms with Crippen LogP contribution in [0.3, 0.4) is 0 Å². The third-order valence-corrected chi connectivity index (χ3v) is 3.60. The number of benzene rings is 2. The molecule has 0 saturated heterocycles. The van der Waals surface area contributed by atoms with Gasteiger partial charge in [0.1, 0.15) is 17.1 Å². The van der Waals surface area contributed by atoms with Crippen LogP contribution in [0.4, 0.5) is 4.79 Å². The molecule has 0 unspecified atom stereocenters. The number of phenols is 1. The molecule has 0 aromatic heterocycles. The maximum absolute atomic E-state index is 11.9. The molecule has 0 radical (unpaired) electrons. The Morgan fingerprint density at radius 3 is 2.33 bits per heavy atom. The van der Waals surface area contributed by atoms with E-state index in [0.29, 0.717) is 0 Å². The van der Waals surface area contributed by atoms with E-state index in [1.807, 2.05) is 0 Å². The molecular weight excluding hydrogens is 431 g/mol. The molecule has 0 saturated carbocycles. The summed E-state index contributed by atoms with van der Waals surface area (Å²) in [5.41, 5.74) is -0.422. The molecule has 24 heavy (non-hydrogen) atoms. The van der Waals surface area contributed by atoms with E-state index in [0.717, 1.165) is 15.7 Å². The van der Waals surface area contributed by atoms with Crippen molar-refractivity contribution in [3.63, 3.8) is 0 Å². The summed E-state index contributed by atoms with van der Waals surface area (Å²) < 4.78 is 10.5. The third kappa shape index (κ3) is 4.69. The number of carboxylic acid groups (broad SMARTS) is 1. The molecule has 0 atom stereocenters. The van der Waals surface area contributed by atoms with Gasteiger partial charge in [-0.15, -0.1) is 0 Å². The Labute approximate surface area is 150 Å². The summed E-state index contributed by atoms with van der Waals surface area (Å²) in [6.45, 7) is -0.618. The van der Waals surface area contributed by atoms with Crippen molar-refractivity contribution >= 4 is 40.5 Å². The van der Waals surface area contributed by atoms with Crippen LogP contribution in [-0.4, -0.2) is 34.7 Å². The first-order valence-electron chi connectivity index (χ1n) is 6.56. The number of ketones is 1. The fourth-order valence-electron chi connectivity index (χ4n) is 1.72. The van der Waals surface area contributed by atoms with Crippen molar-refractivity contribution < 1.29 is 34.1 Å². The third-order valence-electron chi connectivity index (χ3n) is 2.88. The number of halogens is 1. The lowest BCUT2D eigenvalue weighted by Crippen LogP contribution is -2.17. The number of hydrogen-bond donors (Lipinski definition) is 2. The van der Waals surface area contributed by atoms with Crippen molar-refractivity contribution in [2.24, 2.45) is 0 Å². The van der Waals surface area contributed by atoms with E-state index in [-0.39, 0.29) is 11.3 Å². The Kier molecular flexibility index (Phi) is 5.74. The lowest BCUT2D eigenvalue weighted by Gasteiger charge is -2.06. The van der Waals surface area contributed by atoms with Crippen molar-refractivity contribution in [2.75, 3.05) is 6.61 Å². The highest BCUT2D eigenvalue weighted by Gasteiger charge is 2.16. The number of aromatic carboxylic acids is 1. The van der Waals surface area contributed by atoms with Gasteiger partial charge in [0.25, 0.3) is 0 Å². The maximum atomic E-state index is 11.9. The zero-order chi connectivity index (χ0) is 17.7. The van der Waals surface area contributed by atoms with Crippen LogP contribution in [0.2, 0.25) is 0 Å². The molecule has 0 aliphatic rings. The van der Waals surface area contributed by atoms with E-state index in [1.165, 1.54) is 6.07 Å². The van der Waals surface area contributed by atoms with Crippen LogP contribution in [-0.2, 0) is 4.74 Å². The minimum absolute atomic E-state index is 0.00716. The number of ether oxygens (including phenoxy) is 2. The summed E-state index contributed by atoms with van der Waals surface area (Å²) in [5.74, 6) is -2.19. The van der Waals surface area contributed by atoms with Gasteiger partial charge in [0, 0.05) is 9.13 Å². The van der Waals surface area contributed by atoms with Crippen LogP contribution in [0.15, 0.2) is 42.5 Å². The SMILES string of the molecule is O=C(OCC(=O)c1ccc(O)c(C(=O)O)c1)Oc1ccc(I)cc1. The maximum Gasteiger partial charge on any atom is 0.514 e. The molecule has 124 valence electrons. The highest BCUT2D eigenvalue weighted by molar-refractivity contribution is 14.1. The largest absolute Gasteiger partial charge is 0.514 e. The van der Waals surface area contributed by atoms with Crippen LogP contribution in [0.1, 0.15) is 20.7 Å². The van der Waals surface area contributed by atoms with Gasteiger partial charge in [-0.3, -0.25) is 4.79 Å². The van der Waals surface area contributed by atoms with Gasteiger partial charge < -0.3 is 19.7 Å². The highest BCUT2D eigenvalue weighted by atomic mass is 127. The topological polar surface area (TPSA) is 110 Å². The van der Waals surface area contributed by atoms with E-state index >= 15 is 0 Å². The van der Waals surface area contributed by atoms with Crippen LogP contribution >= 0.6 is 22.6 Å². The molecule has 0 aliphatic carbocycles. The molecule has 7 nitrogen and oxygen atoms in total. The molecule has 2 N–H and O–H groups in total. The second-order valence-electron chi connectivity index (χ2n) is 4.55. The summed E-state index contributed by atoms with van der Waals surface area (Å²) in [7, 11) is 0. The monoisotopic (exact) mass is 442 g/mol. The molecular formula is C16H11IO7. The number of aromatic hydroxyl groups is 1. The minimum Gasteiger partial charge on any atom is -0.507 e. The quantitative estimate of drug-likeness (QED) is 0.317. The van der Waals surface area contributed by atoms with Gasteiger partial charge in [0.15, 0.2) is 12.4 Å². The van der Waals surface area contributed by atoms with Gasteiger partial charge in [-0.25, -0.2) is 9.59 Å². The van der Waals surface area contributed by atoms with E-state index in [2.05, 4.69) is 22.6 Å². The predicted molar refractivity (Wildman–Crippen MR) is 90.5 cm³/mol. The van der Waals surface area contributed by atoms with Crippen LogP contribution < -0.4 is 4.74 Å². The van der Waals surface area contributed by atoms with Gasteiger partial charge in [-0.05, 0) is 65.1 Å². The summed E-state index contributed by atoms with van der Waals surface area (Å²) >= 11 is 2.10. The fraction of sp³-hybridized carbons (Fsp3) is 0.0625. The van der Waals surface area contributed by atoms with E-state index in [4.69, 9.17) is 14.6 Å². The first kappa shape index (κ1) is 17.7. The molecule has 8 heteroatoms. The second kappa shape index (κ2) is 7.77. The number of carbonyl (C=O) groups is 3. The molecule has 0 spiro atoms. The van der Waals surface area contributed by atoms with Crippen molar-refractivity contribution in [1.29, 1.82) is 0 Å². The van der Waals surface area contributed by atoms with Crippen molar-refractivity contribution in [2.45, 2.75) is 0 Å². The van der Waals surface area contributed by atoms with Crippen molar-refractivity contribution in [3.8, 4) is 11.5 Å². The first-order valence-corrected chi connectivity index (χ1v) is 7.64. The average molecular weight is 442 g/mol. The Balaban J connectivity index is 1.95. The second-order valence-corrected chi connectivity index (χ2v) is 5.80. The fourth-order valence-corrected chi connectivity index (χ4v) is 2.08. The van der Waals surface area contributed by atoms with Gasteiger partial charge in [0.05, 0.1) is 0 Å². The lowest BCUT2D eigenvalue weighted by atomic mass is 10.1. The standard InChI is InChI=1S/C16H11IO7/c17-10-2-4-11(5-3-10)24-16(22)23-8-14(19)9-1-6-13(18)12(7-9)15(20)21/h1-7,18H,8H2,(H,20,21). The molecule has 2 aromatic carbocycles. The van der Waals surface area contributed by atoms with Gasteiger partial charge in [-0.1, -0.05) is 0 Å². The van der Waals surface area contributed by atoms with Crippen molar-refractivity contribution in [1.82, 2.24) is 0 Å². The highest BCUT2D eigenvalue weighted by Crippen LogP contribution is 2.19. The van der Waals surface area contributed by atoms with E-state index in [9.17, 15) is 19.5 Å². The smallest absolute Gasteiger partial charge is 0.507 e. The summed E-state index contributed by atoms with van der Waals surface area (Å²) in [4.78, 5) is 34.4. The average Bonchev–Trinajstić information content (AvgIpc) is 2.55. The zero-order valence-electron chi connectivity index (χ0n) is 12.1. The predicted octanol–water partition coefficient (Wildman–Crippen LogP) is 3.09.